The van der Waals surface area contributed by atoms with Crippen LogP contribution >= 0.6 is 0 Å². The Kier molecular flexibility index (Phi) is 9.28. The molecule has 26 heavy (non-hydrogen) atoms. The molecule has 2 atom stereocenters. The zero-order valence-electron chi connectivity index (χ0n) is 15.4. The molecule has 0 aromatic heterocycles. The summed E-state index contributed by atoms with van der Waals surface area (Å²) < 4.78 is 25.5. The van der Waals surface area contributed by atoms with Crippen molar-refractivity contribution in [3.05, 3.63) is 71.8 Å². The number of nitrogens with zero attached hydrogens (tertiary/aromatic N) is 1. The van der Waals surface area contributed by atoms with E-state index in [0.29, 0.717) is 39.5 Å². The van der Waals surface area contributed by atoms with Crippen molar-refractivity contribution in [1.82, 2.24) is 4.90 Å². The van der Waals surface area contributed by atoms with Gasteiger partial charge in [0.1, 0.15) is 12.4 Å². The van der Waals surface area contributed by atoms with Crippen molar-refractivity contribution in [3.63, 3.8) is 0 Å². The maximum atomic E-state index is 14.4. The molecule has 5 heteroatoms. The molecule has 0 fully saturated rings. The molecule has 4 nitrogen and oxygen atoms in total. The van der Waals surface area contributed by atoms with E-state index in [1.54, 1.807) is 0 Å². The van der Waals surface area contributed by atoms with Gasteiger partial charge in [-0.15, -0.1) is 0 Å². The van der Waals surface area contributed by atoms with E-state index >= 15 is 0 Å². The van der Waals surface area contributed by atoms with Gasteiger partial charge in [0.05, 0.1) is 19.8 Å². The Balaban J connectivity index is 2.07. The second kappa shape index (κ2) is 11.8. The van der Waals surface area contributed by atoms with E-state index in [4.69, 9.17) is 15.2 Å². The third-order valence-corrected chi connectivity index (χ3v) is 3.99. The molecular weight excluding hydrogens is 331 g/mol. The molecule has 2 aromatic carbocycles. The number of ether oxygens (including phenoxy) is 2. The lowest BCUT2D eigenvalue weighted by molar-refractivity contribution is -0.116. The molecule has 2 rings (SSSR count). The Morgan fingerprint density at radius 1 is 0.885 bits per heavy atom. The standard InChI is InChI=1S/C21H29FN2O2/c1-18(22)21(26-15-14-25-13-12-23)24(16-19-8-4-2-5-9-19)17-20-10-6-3-7-11-20/h2-11,18,21H,12-17,23H2,1H3. The van der Waals surface area contributed by atoms with Crippen LogP contribution in [-0.4, -0.2) is 43.7 Å². The highest BCUT2D eigenvalue weighted by atomic mass is 19.1. The van der Waals surface area contributed by atoms with Crippen molar-refractivity contribution >= 4 is 0 Å². The van der Waals surface area contributed by atoms with E-state index in [1.807, 2.05) is 65.6 Å². The van der Waals surface area contributed by atoms with Crippen LogP contribution in [0.4, 0.5) is 4.39 Å². The largest absolute Gasteiger partial charge is 0.378 e. The van der Waals surface area contributed by atoms with Crippen molar-refractivity contribution in [2.45, 2.75) is 32.4 Å². The summed E-state index contributed by atoms with van der Waals surface area (Å²) in [6.45, 7) is 4.45. The smallest absolute Gasteiger partial charge is 0.142 e. The Morgan fingerprint density at radius 3 is 1.88 bits per heavy atom. The molecule has 0 amide bonds. The quantitative estimate of drug-likeness (QED) is 0.466. The first kappa shape index (κ1) is 20.5. The fourth-order valence-electron chi connectivity index (χ4n) is 2.81. The van der Waals surface area contributed by atoms with Gasteiger partial charge in [-0.3, -0.25) is 4.90 Å². The van der Waals surface area contributed by atoms with Crippen molar-refractivity contribution in [1.29, 1.82) is 0 Å². The van der Waals surface area contributed by atoms with Crippen LogP contribution in [0.1, 0.15) is 18.1 Å². The first-order valence-corrected chi connectivity index (χ1v) is 9.06. The molecule has 0 bridgehead atoms. The zero-order chi connectivity index (χ0) is 18.6. The molecular formula is C21H29FN2O2. The third kappa shape index (κ3) is 7.22. The minimum absolute atomic E-state index is 0.332. The Morgan fingerprint density at radius 2 is 1.42 bits per heavy atom. The highest BCUT2D eigenvalue weighted by Crippen LogP contribution is 2.18. The molecule has 0 radical (unpaired) electrons. The summed E-state index contributed by atoms with van der Waals surface area (Å²) in [4.78, 5) is 2.03. The summed E-state index contributed by atoms with van der Waals surface area (Å²) in [7, 11) is 0. The van der Waals surface area contributed by atoms with Gasteiger partial charge >= 0.3 is 0 Å². The molecule has 0 heterocycles. The number of hydrogen-bond acceptors (Lipinski definition) is 4. The van der Waals surface area contributed by atoms with Gasteiger partial charge in [0.25, 0.3) is 0 Å². The molecule has 0 aliphatic heterocycles. The van der Waals surface area contributed by atoms with Crippen LogP contribution in [0.15, 0.2) is 60.7 Å². The molecule has 0 saturated carbocycles. The SMILES string of the molecule is CC(F)C(OCCOCCN)N(Cc1ccccc1)Cc1ccccc1. The lowest BCUT2D eigenvalue weighted by Gasteiger charge is -2.33. The summed E-state index contributed by atoms with van der Waals surface area (Å²) in [5, 5.41) is 0. The fourth-order valence-corrected chi connectivity index (χ4v) is 2.81. The predicted octanol–water partition coefficient (Wildman–Crippen LogP) is 3.36. The molecule has 0 saturated heterocycles. The van der Waals surface area contributed by atoms with E-state index in [2.05, 4.69) is 0 Å². The summed E-state index contributed by atoms with van der Waals surface area (Å²) >= 11 is 0. The number of alkyl halides is 1. The van der Waals surface area contributed by atoms with Crippen LogP contribution < -0.4 is 5.73 Å². The number of hydrogen-bond donors (Lipinski definition) is 1. The van der Waals surface area contributed by atoms with E-state index in [0.717, 1.165) is 11.1 Å². The summed E-state index contributed by atoms with van der Waals surface area (Å²) in [5.74, 6) is 0. The topological polar surface area (TPSA) is 47.7 Å². The second-order valence-electron chi connectivity index (χ2n) is 6.22. The summed E-state index contributed by atoms with van der Waals surface area (Å²) in [6.07, 6.45) is -1.77. The van der Waals surface area contributed by atoms with Crippen LogP contribution in [0.2, 0.25) is 0 Å². The molecule has 2 N–H and O–H groups in total. The first-order valence-electron chi connectivity index (χ1n) is 9.06. The van der Waals surface area contributed by atoms with Gasteiger partial charge in [-0.25, -0.2) is 4.39 Å². The van der Waals surface area contributed by atoms with Crippen LogP contribution in [0.3, 0.4) is 0 Å². The lowest BCUT2D eigenvalue weighted by atomic mass is 10.1. The molecule has 0 aliphatic rings. The first-order chi connectivity index (χ1) is 12.7. The highest BCUT2D eigenvalue weighted by molar-refractivity contribution is 5.17. The van der Waals surface area contributed by atoms with E-state index in [-0.39, 0.29) is 0 Å². The zero-order valence-corrected chi connectivity index (χ0v) is 15.4. The molecule has 2 unspecified atom stereocenters. The summed E-state index contributed by atoms with van der Waals surface area (Å²) in [5.41, 5.74) is 7.65. The third-order valence-electron chi connectivity index (χ3n) is 3.99. The van der Waals surface area contributed by atoms with Gasteiger partial charge in [-0.1, -0.05) is 60.7 Å². The molecule has 142 valence electrons. The average Bonchev–Trinajstić information content (AvgIpc) is 2.65. The predicted molar refractivity (Wildman–Crippen MR) is 102 cm³/mol. The van der Waals surface area contributed by atoms with Gasteiger partial charge in [-0.2, -0.15) is 0 Å². The molecule has 2 aromatic rings. The van der Waals surface area contributed by atoms with Gasteiger partial charge in [-0.05, 0) is 18.1 Å². The number of rotatable bonds is 12. The minimum atomic E-state index is -1.13. The fraction of sp³-hybridized carbons (Fsp3) is 0.429. The van der Waals surface area contributed by atoms with Gasteiger partial charge < -0.3 is 15.2 Å². The van der Waals surface area contributed by atoms with Crippen LogP contribution in [0.5, 0.6) is 0 Å². The Hall–Kier alpha value is -1.79. The number of halogens is 1. The average molecular weight is 360 g/mol. The van der Waals surface area contributed by atoms with Gasteiger partial charge in [0.2, 0.25) is 0 Å². The number of benzene rings is 2. The number of nitrogens with two attached hydrogens (primary N) is 1. The summed E-state index contributed by atoms with van der Waals surface area (Å²) in [6, 6.07) is 20.1. The monoisotopic (exact) mass is 360 g/mol. The van der Waals surface area contributed by atoms with E-state index in [1.165, 1.54) is 6.92 Å². The Labute approximate surface area is 155 Å². The Bertz CT molecular complexity index is 554. The maximum absolute atomic E-state index is 14.4. The molecule has 0 aliphatic carbocycles. The normalized spacial score (nSPS) is 13.7. The van der Waals surface area contributed by atoms with E-state index in [9.17, 15) is 4.39 Å². The highest BCUT2D eigenvalue weighted by Gasteiger charge is 2.25. The van der Waals surface area contributed by atoms with Crippen molar-refractivity contribution in [2.24, 2.45) is 5.73 Å². The van der Waals surface area contributed by atoms with Gasteiger partial charge in [0, 0.05) is 19.6 Å². The minimum Gasteiger partial charge on any atom is -0.378 e. The van der Waals surface area contributed by atoms with Crippen molar-refractivity contribution in [2.75, 3.05) is 26.4 Å². The second-order valence-corrected chi connectivity index (χ2v) is 6.22. The van der Waals surface area contributed by atoms with Crippen LogP contribution in [-0.2, 0) is 22.6 Å². The van der Waals surface area contributed by atoms with Crippen LogP contribution in [0, 0.1) is 0 Å². The van der Waals surface area contributed by atoms with Gasteiger partial charge in [0.15, 0.2) is 0 Å². The van der Waals surface area contributed by atoms with Crippen LogP contribution in [0.25, 0.3) is 0 Å². The molecule has 0 spiro atoms. The van der Waals surface area contributed by atoms with Crippen molar-refractivity contribution < 1.29 is 13.9 Å². The van der Waals surface area contributed by atoms with Crippen molar-refractivity contribution in [3.8, 4) is 0 Å². The lowest BCUT2D eigenvalue weighted by Crippen LogP contribution is -2.42. The maximum Gasteiger partial charge on any atom is 0.142 e. The van der Waals surface area contributed by atoms with E-state index < -0.39 is 12.4 Å².